The molecule has 6 nitrogen and oxygen atoms in total. The lowest BCUT2D eigenvalue weighted by atomic mass is 10.2. The molecule has 2 aromatic rings. The Morgan fingerprint density at radius 3 is 3.09 bits per heavy atom. The molecule has 0 bridgehead atoms. The first-order valence-electron chi connectivity index (χ1n) is 7.69. The smallest absolute Gasteiger partial charge is 0.355 e. The molecule has 7 heteroatoms. The zero-order chi connectivity index (χ0) is 16.4. The number of carbonyl (C=O) groups is 2. The van der Waals surface area contributed by atoms with Crippen molar-refractivity contribution in [2.24, 2.45) is 7.05 Å². The average Bonchev–Trinajstić information content (AvgIpc) is 3.23. The van der Waals surface area contributed by atoms with Gasteiger partial charge in [-0.25, -0.2) is 4.79 Å². The molecule has 23 heavy (non-hydrogen) atoms. The fourth-order valence-corrected chi connectivity index (χ4v) is 3.53. The third-order valence-corrected chi connectivity index (χ3v) is 4.91. The van der Waals surface area contributed by atoms with Gasteiger partial charge in [-0.3, -0.25) is 4.79 Å². The Labute approximate surface area is 138 Å². The van der Waals surface area contributed by atoms with Gasteiger partial charge in [0, 0.05) is 20.2 Å². The molecule has 0 aromatic carbocycles. The van der Waals surface area contributed by atoms with Crippen molar-refractivity contribution in [3.63, 3.8) is 0 Å². The number of esters is 1. The Morgan fingerprint density at radius 2 is 2.39 bits per heavy atom. The minimum absolute atomic E-state index is 0.0708. The molecule has 0 saturated carbocycles. The van der Waals surface area contributed by atoms with Crippen LogP contribution in [0.15, 0.2) is 17.5 Å². The number of hydrogen-bond donors (Lipinski definition) is 1. The number of hydrogen-bond acceptors (Lipinski definition) is 5. The second kappa shape index (κ2) is 6.72. The molecule has 0 aliphatic carbocycles. The predicted molar refractivity (Wildman–Crippen MR) is 87.7 cm³/mol. The van der Waals surface area contributed by atoms with E-state index in [0.29, 0.717) is 12.2 Å². The molecule has 1 aliphatic rings. The maximum absolute atomic E-state index is 12.3. The Balaban J connectivity index is 1.56. The lowest BCUT2D eigenvalue weighted by Crippen LogP contribution is -2.39. The van der Waals surface area contributed by atoms with E-state index in [0.717, 1.165) is 29.7 Å². The number of aromatic nitrogens is 1. The molecule has 0 unspecified atom stereocenters. The first-order valence-corrected chi connectivity index (χ1v) is 8.57. The first-order chi connectivity index (χ1) is 11.1. The SMILES string of the molecule is C[C@H](OC(=O)c1cc2sccc2n1C)C(=O)NC[C@@H]1CCCO1. The zero-order valence-electron chi connectivity index (χ0n) is 13.2. The summed E-state index contributed by atoms with van der Waals surface area (Å²) in [6.45, 7) is 2.78. The number of carbonyl (C=O) groups excluding carboxylic acids is 2. The van der Waals surface area contributed by atoms with E-state index in [2.05, 4.69) is 5.32 Å². The molecule has 124 valence electrons. The summed E-state index contributed by atoms with van der Waals surface area (Å²) < 4.78 is 13.5. The topological polar surface area (TPSA) is 69.6 Å². The van der Waals surface area contributed by atoms with Gasteiger partial charge in [0.1, 0.15) is 5.69 Å². The molecular weight excluding hydrogens is 316 g/mol. The number of aryl methyl sites for hydroxylation is 1. The van der Waals surface area contributed by atoms with Crippen LogP contribution in [0.4, 0.5) is 0 Å². The number of thiophene rings is 1. The van der Waals surface area contributed by atoms with Gasteiger partial charge in [-0.2, -0.15) is 0 Å². The standard InChI is InChI=1S/C16H20N2O4S/c1-10(15(19)17-9-11-4-3-6-21-11)22-16(20)13-8-14-12(18(13)2)5-7-23-14/h5,7-8,10-11H,3-4,6,9H2,1-2H3,(H,17,19)/t10-,11-/m0/s1. The number of amides is 1. The summed E-state index contributed by atoms with van der Waals surface area (Å²) in [5.74, 6) is -0.791. The molecule has 3 rings (SSSR count). The summed E-state index contributed by atoms with van der Waals surface area (Å²) in [7, 11) is 1.81. The molecule has 3 heterocycles. The van der Waals surface area contributed by atoms with Crippen molar-refractivity contribution in [1.82, 2.24) is 9.88 Å². The van der Waals surface area contributed by atoms with Gasteiger partial charge in [0.25, 0.3) is 5.91 Å². The van der Waals surface area contributed by atoms with Crippen LogP contribution in [0.1, 0.15) is 30.3 Å². The number of ether oxygens (including phenoxy) is 2. The van der Waals surface area contributed by atoms with E-state index < -0.39 is 12.1 Å². The van der Waals surface area contributed by atoms with Crippen LogP contribution in [0.5, 0.6) is 0 Å². The summed E-state index contributed by atoms with van der Waals surface area (Å²) in [5.41, 5.74) is 1.43. The Hall–Kier alpha value is -1.86. The van der Waals surface area contributed by atoms with Crippen LogP contribution in [0, 0.1) is 0 Å². The van der Waals surface area contributed by atoms with E-state index in [-0.39, 0.29) is 12.0 Å². The van der Waals surface area contributed by atoms with Crippen molar-refractivity contribution < 1.29 is 19.1 Å². The molecular formula is C16H20N2O4S. The monoisotopic (exact) mass is 336 g/mol. The van der Waals surface area contributed by atoms with Crippen LogP contribution in [0.3, 0.4) is 0 Å². The largest absolute Gasteiger partial charge is 0.448 e. The molecule has 0 spiro atoms. The maximum atomic E-state index is 12.3. The van der Waals surface area contributed by atoms with Gasteiger partial charge >= 0.3 is 5.97 Å². The molecule has 2 aromatic heterocycles. The lowest BCUT2D eigenvalue weighted by Gasteiger charge is -2.15. The van der Waals surface area contributed by atoms with Gasteiger partial charge in [-0.1, -0.05) is 0 Å². The van der Waals surface area contributed by atoms with Gasteiger partial charge < -0.3 is 19.4 Å². The van der Waals surface area contributed by atoms with Crippen LogP contribution >= 0.6 is 11.3 Å². The first kappa shape index (κ1) is 16.0. The summed E-state index contributed by atoms with van der Waals surface area (Å²) in [6, 6.07) is 3.74. The lowest BCUT2D eigenvalue weighted by molar-refractivity contribution is -0.129. The van der Waals surface area contributed by atoms with Gasteiger partial charge in [0.15, 0.2) is 6.10 Å². The highest BCUT2D eigenvalue weighted by atomic mass is 32.1. The van der Waals surface area contributed by atoms with E-state index in [4.69, 9.17) is 9.47 Å². The fourth-order valence-electron chi connectivity index (χ4n) is 2.68. The van der Waals surface area contributed by atoms with Crippen molar-refractivity contribution in [3.8, 4) is 0 Å². The number of nitrogens with zero attached hydrogens (tertiary/aromatic N) is 1. The van der Waals surface area contributed by atoms with Gasteiger partial charge in [-0.15, -0.1) is 11.3 Å². The predicted octanol–water partition coefficient (Wildman–Crippen LogP) is 2.08. The zero-order valence-corrected chi connectivity index (χ0v) is 14.0. The number of rotatable bonds is 5. The normalized spacial score (nSPS) is 19.0. The minimum Gasteiger partial charge on any atom is -0.448 e. The van der Waals surface area contributed by atoms with E-state index >= 15 is 0 Å². The third-order valence-electron chi connectivity index (χ3n) is 4.05. The summed E-state index contributed by atoms with van der Waals surface area (Å²) >= 11 is 1.57. The number of nitrogens with one attached hydrogen (secondary N) is 1. The molecule has 2 atom stereocenters. The van der Waals surface area contributed by atoms with Crippen LogP contribution < -0.4 is 5.32 Å². The van der Waals surface area contributed by atoms with Gasteiger partial charge in [0.05, 0.1) is 16.3 Å². The highest BCUT2D eigenvalue weighted by molar-refractivity contribution is 7.17. The fraction of sp³-hybridized carbons (Fsp3) is 0.500. The van der Waals surface area contributed by atoms with E-state index in [1.54, 1.807) is 28.9 Å². The minimum atomic E-state index is -0.836. The molecule has 1 saturated heterocycles. The van der Waals surface area contributed by atoms with Crippen molar-refractivity contribution in [3.05, 3.63) is 23.2 Å². The second-order valence-corrected chi connectivity index (χ2v) is 6.63. The van der Waals surface area contributed by atoms with E-state index in [1.807, 2.05) is 18.5 Å². The van der Waals surface area contributed by atoms with Gasteiger partial charge in [-0.05, 0) is 37.3 Å². The Kier molecular flexibility index (Phi) is 4.68. The highest BCUT2D eigenvalue weighted by Crippen LogP contribution is 2.24. The van der Waals surface area contributed by atoms with Crippen LogP contribution in [0.2, 0.25) is 0 Å². The molecule has 1 N–H and O–H groups in total. The third kappa shape index (κ3) is 3.40. The quantitative estimate of drug-likeness (QED) is 0.849. The van der Waals surface area contributed by atoms with Crippen molar-refractivity contribution in [1.29, 1.82) is 0 Å². The Bertz CT molecular complexity index is 715. The molecule has 1 fully saturated rings. The highest BCUT2D eigenvalue weighted by Gasteiger charge is 2.23. The average molecular weight is 336 g/mol. The van der Waals surface area contributed by atoms with Gasteiger partial charge in [0.2, 0.25) is 0 Å². The van der Waals surface area contributed by atoms with E-state index in [1.165, 1.54) is 0 Å². The van der Waals surface area contributed by atoms with Crippen molar-refractivity contribution >= 4 is 33.4 Å². The second-order valence-electron chi connectivity index (χ2n) is 5.69. The van der Waals surface area contributed by atoms with Crippen molar-refractivity contribution in [2.75, 3.05) is 13.2 Å². The summed E-state index contributed by atoms with van der Waals surface area (Å²) in [5, 5.41) is 4.74. The van der Waals surface area contributed by atoms with Crippen LogP contribution in [-0.2, 0) is 21.3 Å². The summed E-state index contributed by atoms with van der Waals surface area (Å²) in [6.07, 6.45) is 1.21. The van der Waals surface area contributed by atoms with E-state index in [9.17, 15) is 9.59 Å². The summed E-state index contributed by atoms with van der Waals surface area (Å²) in [4.78, 5) is 24.3. The maximum Gasteiger partial charge on any atom is 0.355 e. The number of fused-ring (bicyclic) bond motifs is 1. The molecule has 1 aliphatic heterocycles. The van der Waals surface area contributed by atoms with Crippen LogP contribution in [-0.4, -0.2) is 41.8 Å². The Morgan fingerprint density at radius 1 is 1.57 bits per heavy atom. The molecule has 1 amide bonds. The molecule has 0 radical (unpaired) electrons. The van der Waals surface area contributed by atoms with Crippen LogP contribution in [0.25, 0.3) is 10.2 Å². The van der Waals surface area contributed by atoms with Crippen molar-refractivity contribution in [2.45, 2.75) is 32.0 Å².